The molecular formula is C26H28N4O4. The Balaban J connectivity index is 1.55. The molecule has 34 heavy (non-hydrogen) atoms. The second kappa shape index (κ2) is 9.13. The van der Waals surface area contributed by atoms with Crippen molar-refractivity contribution in [3.8, 4) is 34.3 Å². The molecule has 0 atom stereocenters. The quantitative estimate of drug-likeness (QED) is 0.414. The normalized spacial score (nSPS) is 12.5. The first-order valence-corrected chi connectivity index (χ1v) is 11.2. The summed E-state index contributed by atoms with van der Waals surface area (Å²) < 4.78 is 23.7. The fraction of sp³-hybridized carbons (Fsp3) is 0.308. The molecule has 0 spiro atoms. The standard InChI is InChI=1S/C26H28N4O4/c1-31-18-9-8-16(24(13-18)34-4)15-27-26-21-6-5-7-22(21)28-25-14-23(29-30(25)26)17-10-19(32-2)12-20(11-17)33-3/h8-14,27H,5-7,15H2,1-4H3. The highest BCUT2D eigenvalue weighted by molar-refractivity contribution is 5.70. The van der Waals surface area contributed by atoms with E-state index in [1.54, 1.807) is 28.4 Å². The summed E-state index contributed by atoms with van der Waals surface area (Å²) in [5.41, 5.74) is 5.90. The predicted octanol–water partition coefficient (Wildman–Crippen LogP) is 4.53. The molecule has 176 valence electrons. The molecule has 0 amide bonds. The Bertz CT molecular complexity index is 1330. The number of hydrogen-bond donors (Lipinski definition) is 1. The molecule has 1 N–H and O–H groups in total. The first-order chi connectivity index (χ1) is 16.6. The van der Waals surface area contributed by atoms with Gasteiger partial charge in [-0.3, -0.25) is 0 Å². The van der Waals surface area contributed by atoms with E-state index in [2.05, 4.69) is 5.32 Å². The number of fused-ring (bicyclic) bond motifs is 2. The van der Waals surface area contributed by atoms with Gasteiger partial charge in [0.1, 0.15) is 28.8 Å². The van der Waals surface area contributed by atoms with Crippen molar-refractivity contribution in [3.63, 3.8) is 0 Å². The minimum atomic E-state index is 0.584. The molecule has 4 aromatic rings. The number of ether oxygens (including phenoxy) is 4. The van der Waals surface area contributed by atoms with Crippen LogP contribution in [-0.2, 0) is 19.4 Å². The SMILES string of the molecule is COc1cc(OC)cc(-c2cc3nc4c(c(NCc5ccc(OC)cc5OC)n3n2)CCC4)c1. The average Bonchev–Trinajstić information content (AvgIpc) is 3.53. The van der Waals surface area contributed by atoms with Gasteiger partial charge >= 0.3 is 0 Å². The molecule has 2 aromatic carbocycles. The topological polar surface area (TPSA) is 79.1 Å². The largest absolute Gasteiger partial charge is 0.497 e. The third kappa shape index (κ3) is 3.96. The zero-order valence-corrected chi connectivity index (χ0v) is 19.8. The van der Waals surface area contributed by atoms with E-state index >= 15 is 0 Å². The van der Waals surface area contributed by atoms with Gasteiger partial charge in [0.2, 0.25) is 0 Å². The number of anilines is 1. The van der Waals surface area contributed by atoms with Gasteiger partial charge in [-0.1, -0.05) is 0 Å². The molecule has 0 unspecified atom stereocenters. The average molecular weight is 461 g/mol. The molecular weight excluding hydrogens is 432 g/mol. The van der Waals surface area contributed by atoms with Crippen molar-refractivity contribution in [2.24, 2.45) is 0 Å². The Kier molecular flexibility index (Phi) is 5.88. The number of hydrogen-bond acceptors (Lipinski definition) is 7. The molecule has 5 rings (SSSR count). The first kappa shape index (κ1) is 21.9. The van der Waals surface area contributed by atoms with Gasteiger partial charge in [-0.25, -0.2) is 4.98 Å². The van der Waals surface area contributed by atoms with Crippen molar-refractivity contribution in [1.29, 1.82) is 0 Å². The maximum atomic E-state index is 5.58. The van der Waals surface area contributed by atoms with E-state index in [1.165, 1.54) is 5.56 Å². The van der Waals surface area contributed by atoms with Crippen LogP contribution in [0, 0.1) is 0 Å². The van der Waals surface area contributed by atoms with Gasteiger partial charge in [0.25, 0.3) is 0 Å². The van der Waals surface area contributed by atoms with Crippen LogP contribution in [-0.4, -0.2) is 43.0 Å². The van der Waals surface area contributed by atoms with E-state index in [-0.39, 0.29) is 0 Å². The van der Waals surface area contributed by atoms with Crippen molar-refractivity contribution in [3.05, 3.63) is 59.3 Å². The number of methoxy groups -OCH3 is 4. The Morgan fingerprint density at radius 1 is 0.853 bits per heavy atom. The molecule has 0 saturated heterocycles. The van der Waals surface area contributed by atoms with E-state index in [4.69, 9.17) is 29.0 Å². The molecule has 0 radical (unpaired) electrons. The molecule has 1 aliphatic carbocycles. The highest BCUT2D eigenvalue weighted by atomic mass is 16.5. The minimum absolute atomic E-state index is 0.584. The lowest BCUT2D eigenvalue weighted by Crippen LogP contribution is -2.10. The van der Waals surface area contributed by atoms with E-state index in [0.29, 0.717) is 18.0 Å². The molecule has 0 bridgehead atoms. The Hall–Kier alpha value is -3.94. The second-order valence-corrected chi connectivity index (χ2v) is 8.17. The number of aryl methyl sites for hydroxylation is 1. The lowest BCUT2D eigenvalue weighted by atomic mass is 10.1. The van der Waals surface area contributed by atoms with Crippen molar-refractivity contribution in [2.75, 3.05) is 33.8 Å². The first-order valence-electron chi connectivity index (χ1n) is 11.2. The maximum Gasteiger partial charge on any atom is 0.158 e. The van der Waals surface area contributed by atoms with E-state index in [9.17, 15) is 0 Å². The van der Waals surface area contributed by atoms with Gasteiger partial charge in [0.05, 0.1) is 34.1 Å². The van der Waals surface area contributed by atoms with Gasteiger partial charge in [0.15, 0.2) is 5.65 Å². The third-order valence-electron chi connectivity index (χ3n) is 6.21. The van der Waals surface area contributed by atoms with Crippen LogP contribution >= 0.6 is 0 Å². The molecule has 1 aliphatic rings. The monoisotopic (exact) mass is 460 g/mol. The smallest absolute Gasteiger partial charge is 0.158 e. The number of nitrogens with one attached hydrogen (secondary N) is 1. The Morgan fingerprint density at radius 3 is 2.32 bits per heavy atom. The molecule has 2 heterocycles. The highest BCUT2D eigenvalue weighted by Gasteiger charge is 2.22. The zero-order valence-electron chi connectivity index (χ0n) is 19.8. The summed E-state index contributed by atoms with van der Waals surface area (Å²) in [4.78, 5) is 4.92. The van der Waals surface area contributed by atoms with Gasteiger partial charge in [-0.05, 0) is 43.5 Å². The summed E-state index contributed by atoms with van der Waals surface area (Å²) in [5.74, 6) is 3.94. The summed E-state index contributed by atoms with van der Waals surface area (Å²) in [6.45, 7) is 0.584. The summed E-state index contributed by atoms with van der Waals surface area (Å²) in [5, 5.41) is 8.54. The van der Waals surface area contributed by atoms with Crippen molar-refractivity contribution in [1.82, 2.24) is 14.6 Å². The van der Waals surface area contributed by atoms with Crippen molar-refractivity contribution < 1.29 is 18.9 Å². The second-order valence-electron chi connectivity index (χ2n) is 8.17. The zero-order chi connectivity index (χ0) is 23.7. The molecule has 8 heteroatoms. The van der Waals surface area contributed by atoms with E-state index in [1.807, 2.05) is 47.0 Å². The van der Waals surface area contributed by atoms with Crippen molar-refractivity contribution >= 4 is 11.5 Å². The summed E-state index contributed by atoms with van der Waals surface area (Å²) in [7, 11) is 6.60. The van der Waals surface area contributed by atoms with Crippen LogP contribution in [0.15, 0.2) is 42.5 Å². The maximum absolute atomic E-state index is 5.58. The molecule has 0 fully saturated rings. The predicted molar refractivity (Wildman–Crippen MR) is 130 cm³/mol. The molecule has 2 aromatic heterocycles. The summed E-state index contributed by atoms with van der Waals surface area (Å²) in [6, 6.07) is 13.6. The lowest BCUT2D eigenvalue weighted by Gasteiger charge is -2.15. The van der Waals surface area contributed by atoms with Crippen LogP contribution in [0.3, 0.4) is 0 Å². The molecule has 8 nitrogen and oxygen atoms in total. The van der Waals surface area contributed by atoms with Crippen molar-refractivity contribution in [2.45, 2.75) is 25.8 Å². The summed E-state index contributed by atoms with van der Waals surface area (Å²) >= 11 is 0. The summed E-state index contributed by atoms with van der Waals surface area (Å²) in [6.07, 6.45) is 3.04. The fourth-order valence-corrected chi connectivity index (χ4v) is 4.44. The highest BCUT2D eigenvalue weighted by Crippen LogP contribution is 2.34. The number of rotatable bonds is 8. The molecule has 0 aliphatic heterocycles. The van der Waals surface area contributed by atoms with E-state index in [0.717, 1.165) is 64.7 Å². The van der Waals surface area contributed by atoms with Crippen LogP contribution in [0.2, 0.25) is 0 Å². The molecule has 0 saturated carbocycles. The van der Waals surface area contributed by atoms with Crippen LogP contribution < -0.4 is 24.3 Å². The lowest BCUT2D eigenvalue weighted by molar-refractivity contribution is 0.391. The number of benzene rings is 2. The van der Waals surface area contributed by atoms with Gasteiger partial charge in [0, 0.05) is 47.1 Å². The number of nitrogens with zero attached hydrogens (tertiary/aromatic N) is 3. The minimum Gasteiger partial charge on any atom is -0.497 e. The van der Waals surface area contributed by atoms with Crippen LogP contribution in [0.4, 0.5) is 5.82 Å². The third-order valence-corrected chi connectivity index (χ3v) is 6.21. The number of aromatic nitrogens is 3. The van der Waals surface area contributed by atoms with Gasteiger partial charge in [-0.15, -0.1) is 0 Å². The Labute approximate surface area is 198 Å². The van der Waals surface area contributed by atoms with Crippen LogP contribution in [0.1, 0.15) is 23.2 Å². The fourth-order valence-electron chi connectivity index (χ4n) is 4.44. The van der Waals surface area contributed by atoms with Gasteiger partial charge in [-0.2, -0.15) is 9.61 Å². The van der Waals surface area contributed by atoms with Gasteiger partial charge < -0.3 is 24.3 Å². The van der Waals surface area contributed by atoms with E-state index < -0.39 is 0 Å². The van der Waals surface area contributed by atoms with Crippen LogP contribution in [0.25, 0.3) is 16.9 Å². The Morgan fingerprint density at radius 2 is 1.62 bits per heavy atom. The van der Waals surface area contributed by atoms with Crippen LogP contribution in [0.5, 0.6) is 23.0 Å².